The minimum Gasteiger partial charge on any atom is -0.493 e. The van der Waals surface area contributed by atoms with Gasteiger partial charge in [0, 0.05) is 11.1 Å². The van der Waals surface area contributed by atoms with Crippen molar-refractivity contribution in [3.63, 3.8) is 0 Å². The number of ketones is 1. The molecule has 0 saturated heterocycles. The number of ether oxygens (including phenoxy) is 1. The maximum absolute atomic E-state index is 12.3. The van der Waals surface area contributed by atoms with Crippen molar-refractivity contribution < 1.29 is 9.53 Å². The maximum atomic E-state index is 12.3. The number of carbonyl (C=O) groups excluding carboxylic acids is 1. The second-order valence-corrected chi connectivity index (χ2v) is 4.34. The van der Waals surface area contributed by atoms with Crippen LogP contribution in [0.2, 0.25) is 0 Å². The number of allylic oxidation sites excluding steroid dienone is 1. The van der Waals surface area contributed by atoms with Crippen LogP contribution in [0, 0.1) is 11.3 Å². The Labute approximate surface area is 124 Å². The predicted octanol–water partition coefficient (Wildman–Crippen LogP) is 3.88. The molecule has 0 amide bonds. The Balaban J connectivity index is 2.38. The number of rotatable bonds is 5. The van der Waals surface area contributed by atoms with Crippen molar-refractivity contribution in [2.24, 2.45) is 0 Å². The number of nitrogens with zero attached hydrogens (tertiary/aromatic N) is 1. The molecule has 0 unspecified atom stereocenters. The second-order valence-electron chi connectivity index (χ2n) is 4.34. The third-order valence-electron chi connectivity index (χ3n) is 2.92. The zero-order chi connectivity index (χ0) is 15.1. The summed E-state index contributed by atoms with van der Waals surface area (Å²) in [6.45, 7) is 2.42. The highest BCUT2D eigenvalue weighted by Gasteiger charge is 2.12. The quantitative estimate of drug-likeness (QED) is 0.473. The highest BCUT2D eigenvalue weighted by atomic mass is 16.5. The van der Waals surface area contributed by atoms with Crippen LogP contribution in [0.5, 0.6) is 5.75 Å². The van der Waals surface area contributed by atoms with Gasteiger partial charge in [-0.05, 0) is 19.1 Å². The van der Waals surface area contributed by atoms with E-state index in [1.54, 1.807) is 30.3 Å². The fourth-order valence-corrected chi connectivity index (χ4v) is 1.94. The van der Waals surface area contributed by atoms with Crippen molar-refractivity contribution in [1.82, 2.24) is 0 Å². The topological polar surface area (TPSA) is 50.1 Å². The number of benzene rings is 2. The van der Waals surface area contributed by atoms with Gasteiger partial charge in [0.05, 0.1) is 6.61 Å². The summed E-state index contributed by atoms with van der Waals surface area (Å²) >= 11 is 0. The smallest absolute Gasteiger partial charge is 0.203 e. The van der Waals surface area contributed by atoms with Crippen LogP contribution in [-0.4, -0.2) is 12.4 Å². The summed E-state index contributed by atoms with van der Waals surface area (Å²) in [6, 6.07) is 18.1. The average Bonchev–Trinajstić information content (AvgIpc) is 2.54. The monoisotopic (exact) mass is 277 g/mol. The van der Waals surface area contributed by atoms with Crippen molar-refractivity contribution in [3.05, 3.63) is 71.3 Å². The van der Waals surface area contributed by atoms with Crippen LogP contribution in [-0.2, 0) is 0 Å². The van der Waals surface area contributed by atoms with Crippen LogP contribution in [0.15, 0.2) is 60.2 Å². The molecule has 0 fully saturated rings. The molecule has 0 atom stereocenters. The molecule has 2 rings (SSSR count). The fraction of sp³-hybridized carbons (Fsp3) is 0.111. The van der Waals surface area contributed by atoms with E-state index in [9.17, 15) is 10.1 Å². The number of hydrogen-bond donors (Lipinski definition) is 0. The molecule has 0 radical (unpaired) electrons. The Bertz CT molecular complexity index is 697. The first-order valence-corrected chi connectivity index (χ1v) is 6.69. The summed E-state index contributed by atoms with van der Waals surface area (Å²) in [5, 5.41) is 9.26. The van der Waals surface area contributed by atoms with E-state index in [0.717, 1.165) is 5.56 Å². The number of nitriles is 1. The normalized spacial score (nSPS) is 10.8. The lowest BCUT2D eigenvalue weighted by molar-refractivity contribution is 0.104. The van der Waals surface area contributed by atoms with Crippen LogP contribution < -0.4 is 4.74 Å². The Kier molecular flexibility index (Phi) is 4.89. The van der Waals surface area contributed by atoms with Crippen molar-refractivity contribution in [1.29, 1.82) is 5.26 Å². The molecule has 3 nitrogen and oxygen atoms in total. The largest absolute Gasteiger partial charge is 0.493 e. The molecule has 0 bridgehead atoms. The first kappa shape index (κ1) is 14.5. The van der Waals surface area contributed by atoms with E-state index in [1.165, 1.54) is 0 Å². The molecule has 0 saturated carbocycles. The van der Waals surface area contributed by atoms with E-state index in [0.29, 0.717) is 17.9 Å². The predicted molar refractivity (Wildman–Crippen MR) is 82.0 cm³/mol. The van der Waals surface area contributed by atoms with Gasteiger partial charge in [0.2, 0.25) is 5.78 Å². The summed E-state index contributed by atoms with van der Waals surface area (Å²) in [6.07, 6.45) is 1.57. The molecule has 0 heterocycles. The zero-order valence-corrected chi connectivity index (χ0v) is 11.7. The van der Waals surface area contributed by atoms with E-state index < -0.39 is 0 Å². The van der Waals surface area contributed by atoms with Crippen LogP contribution in [0.3, 0.4) is 0 Å². The van der Waals surface area contributed by atoms with Crippen LogP contribution in [0.4, 0.5) is 0 Å². The van der Waals surface area contributed by atoms with Gasteiger partial charge in [-0.3, -0.25) is 4.79 Å². The number of para-hydroxylation sites is 1. The molecule has 0 N–H and O–H groups in total. The minimum atomic E-state index is -0.288. The minimum absolute atomic E-state index is 0.0911. The van der Waals surface area contributed by atoms with Crippen molar-refractivity contribution in [3.8, 4) is 11.8 Å². The Morgan fingerprint density at radius 2 is 1.81 bits per heavy atom. The van der Waals surface area contributed by atoms with Gasteiger partial charge in [-0.15, -0.1) is 0 Å². The van der Waals surface area contributed by atoms with Crippen LogP contribution in [0.1, 0.15) is 22.8 Å². The highest BCUT2D eigenvalue weighted by molar-refractivity contribution is 6.14. The molecule has 2 aromatic rings. The lowest BCUT2D eigenvalue weighted by Gasteiger charge is -2.07. The first-order chi connectivity index (χ1) is 10.3. The van der Waals surface area contributed by atoms with Crippen molar-refractivity contribution >= 4 is 11.9 Å². The van der Waals surface area contributed by atoms with Crippen molar-refractivity contribution in [2.75, 3.05) is 6.61 Å². The van der Waals surface area contributed by atoms with E-state index in [1.807, 2.05) is 43.3 Å². The van der Waals surface area contributed by atoms with Crippen LogP contribution >= 0.6 is 0 Å². The number of Topliss-reactive ketones (excluding diaryl/α,β-unsaturated/α-hetero) is 1. The van der Waals surface area contributed by atoms with Gasteiger partial charge in [-0.25, -0.2) is 0 Å². The van der Waals surface area contributed by atoms with Gasteiger partial charge < -0.3 is 4.74 Å². The molecule has 0 spiro atoms. The van der Waals surface area contributed by atoms with Gasteiger partial charge in [-0.2, -0.15) is 5.26 Å². The molecule has 21 heavy (non-hydrogen) atoms. The third-order valence-corrected chi connectivity index (χ3v) is 2.92. The maximum Gasteiger partial charge on any atom is 0.203 e. The second kappa shape index (κ2) is 7.06. The molecule has 0 aliphatic carbocycles. The lowest BCUT2D eigenvalue weighted by Crippen LogP contribution is -2.02. The lowest BCUT2D eigenvalue weighted by atomic mass is 10.0. The van der Waals surface area contributed by atoms with E-state index in [-0.39, 0.29) is 11.4 Å². The van der Waals surface area contributed by atoms with Gasteiger partial charge in [0.1, 0.15) is 17.4 Å². The Morgan fingerprint density at radius 3 is 2.48 bits per heavy atom. The summed E-state index contributed by atoms with van der Waals surface area (Å²) in [4.78, 5) is 12.3. The SMILES string of the molecule is CCOc1ccccc1/C=C(\C#N)C(=O)c1ccccc1. The molecule has 104 valence electrons. The van der Waals surface area contributed by atoms with Crippen molar-refractivity contribution in [2.45, 2.75) is 6.92 Å². The van der Waals surface area contributed by atoms with Gasteiger partial charge in [-0.1, -0.05) is 48.5 Å². The summed E-state index contributed by atoms with van der Waals surface area (Å²) in [5.41, 5.74) is 1.31. The Morgan fingerprint density at radius 1 is 1.14 bits per heavy atom. The van der Waals surface area contributed by atoms with Gasteiger partial charge in [0.25, 0.3) is 0 Å². The number of hydrogen-bond acceptors (Lipinski definition) is 3. The zero-order valence-electron chi connectivity index (χ0n) is 11.7. The molecule has 0 aliphatic heterocycles. The standard InChI is InChI=1S/C18H15NO2/c1-2-21-17-11-7-6-10-15(17)12-16(13-19)18(20)14-8-4-3-5-9-14/h3-12H,2H2,1H3/b16-12+. The van der Waals surface area contributed by atoms with E-state index in [4.69, 9.17) is 4.74 Å². The van der Waals surface area contributed by atoms with E-state index in [2.05, 4.69) is 0 Å². The van der Waals surface area contributed by atoms with E-state index >= 15 is 0 Å². The number of carbonyl (C=O) groups is 1. The Hall–Kier alpha value is -2.86. The molecular weight excluding hydrogens is 262 g/mol. The fourth-order valence-electron chi connectivity index (χ4n) is 1.94. The van der Waals surface area contributed by atoms with Crippen LogP contribution in [0.25, 0.3) is 6.08 Å². The summed E-state index contributed by atoms with van der Waals surface area (Å²) in [5.74, 6) is 0.373. The molecule has 0 aromatic heterocycles. The third kappa shape index (κ3) is 3.58. The average molecular weight is 277 g/mol. The molecule has 0 aliphatic rings. The molecule has 2 aromatic carbocycles. The first-order valence-electron chi connectivity index (χ1n) is 6.69. The summed E-state index contributed by atoms with van der Waals surface area (Å²) in [7, 11) is 0. The van der Waals surface area contributed by atoms with Gasteiger partial charge >= 0.3 is 0 Å². The molecular formula is C18H15NO2. The van der Waals surface area contributed by atoms with Gasteiger partial charge in [0.15, 0.2) is 0 Å². The summed E-state index contributed by atoms with van der Waals surface area (Å²) < 4.78 is 5.50. The molecule has 3 heteroatoms. The highest BCUT2D eigenvalue weighted by Crippen LogP contribution is 2.22.